The molecule has 0 spiro atoms. The molecule has 0 unspecified atom stereocenters. The summed E-state index contributed by atoms with van der Waals surface area (Å²) in [5, 5.41) is 20.7. The highest BCUT2D eigenvalue weighted by Crippen LogP contribution is 2.18. The van der Waals surface area contributed by atoms with Gasteiger partial charge in [-0.1, -0.05) is 18.8 Å². The summed E-state index contributed by atoms with van der Waals surface area (Å²) >= 11 is 0. The van der Waals surface area contributed by atoms with Crippen LogP contribution in [0.25, 0.3) is 0 Å². The van der Waals surface area contributed by atoms with E-state index in [2.05, 4.69) is 56.1 Å². The molecule has 2 amide bonds. The summed E-state index contributed by atoms with van der Waals surface area (Å²) < 4.78 is 10.3. The lowest BCUT2D eigenvalue weighted by Crippen LogP contribution is -2.50. The van der Waals surface area contributed by atoms with Crippen molar-refractivity contribution in [3.63, 3.8) is 0 Å². The maximum absolute atomic E-state index is 12.5. The van der Waals surface area contributed by atoms with Crippen molar-refractivity contribution in [3.05, 3.63) is 41.6 Å². The lowest BCUT2D eigenvalue weighted by Gasteiger charge is -2.23. The highest BCUT2D eigenvalue weighted by atomic mass is 16.6. The molecule has 0 aliphatic rings. The predicted octanol–water partition coefficient (Wildman–Crippen LogP) is 3.70. The average Bonchev–Trinajstić information content (AvgIpc) is 2.89. The molecule has 0 saturated heterocycles. The lowest BCUT2D eigenvalue weighted by atomic mass is 10.2. The molecular weight excluding hydrogens is 498 g/mol. The van der Waals surface area contributed by atoms with Crippen LogP contribution in [-0.4, -0.2) is 60.4 Å². The minimum absolute atomic E-state index is 0.0223. The molecule has 1 aromatic carbocycles. The second-order valence-corrected chi connectivity index (χ2v) is 9.55. The Bertz CT molecular complexity index is 1190. The number of nitrogens with zero attached hydrogens (tertiary/aromatic N) is 3. The molecule has 11 heteroatoms. The van der Waals surface area contributed by atoms with E-state index >= 15 is 0 Å². The molecule has 0 aliphatic heterocycles. The number of carbonyl (C=O) groups is 2. The van der Waals surface area contributed by atoms with Crippen LogP contribution in [0.3, 0.4) is 0 Å². The van der Waals surface area contributed by atoms with Crippen molar-refractivity contribution in [2.45, 2.75) is 58.6 Å². The maximum Gasteiger partial charge on any atom is 0.408 e. The van der Waals surface area contributed by atoms with Crippen LogP contribution in [0.15, 0.2) is 30.5 Å². The van der Waals surface area contributed by atoms with Gasteiger partial charge in [-0.05, 0) is 57.9 Å². The van der Waals surface area contributed by atoms with Gasteiger partial charge in [-0.25, -0.2) is 9.78 Å². The summed E-state index contributed by atoms with van der Waals surface area (Å²) in [6.07, 6.45) is 3.04. The number of nitriles is 1. The Balaban J connectivity index is 1.91. The van der Waals surface area contributed by atoms with Crippen molar-refractivity contribution in [1.82, 2.24) is 20.6 Å². The number of alkyl carbamates (subject to hydrolysis) is 1. The third-order valence-corrected chi connectivity index (χ3v) is 4.94. The summed E-state index contributed by atoms with van der Waals surface area (Å²) in [4.78, 5) is 33.4. The first-order chi connectivity index (χ1) is 18.6. The number of aromatic nitrogens is 2. The topological polar surface area (TPSA) is 150 Å². The minimum atomic E-state index is -0.864. The van der Waals surface area contributed by atoms with Gasteiger partial charge in [0, 0.05) is 32.3 Å². The zero-order valence-electron chi connectivity index (χ0n) is 23.2. The number of nitrogens with one attached hydrogen (secondary N) is 4. The monoisotopic (exact) mass is 535 g/mol. The van der Waals surface area contributed by atoms with E-state index in [9.17, 15) is 9.59 Å². The van der Waals surface area contributed by atoms with Gasteiger partial charge in [0.1, 0.15) is 17.5 Å². The number of hydrogen-bond donors (Lipinski definition) is 4. The summed E-state index contributed by atoms with van der Waals surface area (Å²) in [6.45, 7) is 8.44. The highest BCUT2D eigenvalue weighted by molar-refractivity contribution is 5.85. The zero-order valence-corrected chi connectivity index (χ0v) is 23.2. The van der Waals surface area contributed by atoms with Gasteiger partial charge < -0.3 is 30.7 Å². The second-order valence-electron chi connectivity index (χ2n) is 9.55. The molecule has 0 bridgehead atoms. The van der Waals surface area contributed by atoms with Crippen LogP contribution in [0.4, 0.5) is 22.2 Å². The van der Waals surface area contributed by atoms with Gasteiger partial charge in [-0.3, -0.25) is 4.79 Å². The Morgan fingerprint density at radius 1 is 1.15 bits per heavy atom. The fourth-order valence-corrected chi connectivity index (χ4v) is 3.14. The number of carbonyl (C=O) groups excluding carboxylic acids is 2. The molecule has 208 valence electrons. The Morgan fingerprint density at radius 2 is 1.90 bits per heavy atom. The van der Waals surface area contributed by atoms with Crippen molar-refractivity contribution in [3.8, 4) is 17.9 Å². The van der Waals surface area contributed by atoms with Gasteiger partial charge in [0.05, 0.1) is 30.0 Å². The Labute approximate surface area is 230 Å². The molecule has 11 nitrogen and oxygen atoms in total. The number of hydrogen-bond acceptors (Lipinski definition) is 9. The first-order valence-corrected chi connectivity index (χ1v) is 12.8. The summed E-state index contributed by atoms with van der Waals surface area (Å²) in [5.41, 5.74) is 1.34. The van der Waals surface area contributed by atoms with Gasteiger partial charge in [0.25, 0.3) is 0 Å². The van der Waals surface area contributed by atoms with E-state index in [-0.39, 0.29) is 12.5 Å². The summed E-state index contributed by atoms with van der Waals surface area (Å²) in [7, 11) is 1.45. The van der Waals surface area contributed by atoms with E-state index in [1.807, 2.05) is 0 Å². The number of ether oxygens (including phenoxy) is 2. The molecule has 2 aromatic rings. The van der Waals surface area contributed by atoms with Crippen LogP contribution in [0.5, 0.6) is 0 Å². The smallest absolute Gasteiger partial charge is 0.408 e. The molecule has 0 aliphatic carbocycles. The van der Waals surface area contributed by atoms with Crippen LogP contribution >= 0.6 is 0 Å². The molecule has 1 atom stereocenters. The number of benzene rings is 1. The fourth-order valence-electron chi connectivity index (χ4n) is 3.14. The van der Waals surface area contributed by atoms with Gasteiger partial charge in [-0.2, -0.15) is 10.2 Å². The molecule has 1 heterocycles. The molecule has 0 radical (unpaired) electrons. The molecule has 0 fully saturated rings. The van der Waals surface area contributed by atoms with Crippen LogP contribution in [0, 0.1) is 23.2 Å². The van der Waals surface area contributed by atoms with Crippen molar-refractivity contribution in [2.24, 2.45) is 0 Å². The normalized spacial score (nSPS) is 11.3. The third kappa shape index (κ3) is 11.7. The van der Waals surface area contributed by atoms with Gasteiger partial charge in [0.2, 0.25) is 11.9 Å². The zero-order chi connectivity index (χ0) is 28.7. The fraction of sp³-hybridized carbons (Fsp3) is 0.464. The van der Waals surface area contributed by atoms with Crippen molar-refractivity contribution in [1.29, 1.82) is 5.26 Å². The first-order valence-electron chi connectivity index (χ1n) is 12.8. The maximum atomic E-state index is 12.5. The van der Waals surface area contributed by atoms with E-state index in [4.69, 9.17) is 14.7 Å². The average molecular weight is 536 g/mol. The molecule has 39 heavy (non-hydrogen) atoms. The Kier molecular flexibility index (Phi) is 12.5. The molecule has 4 N–H and O–H groups in total. The van der Waals surface area contributed by atoms with E-state index in [1.54, 1.807) is 51.2 Å². The quantitative estimate of drug-likeness (QED) is 0.236. The number of rotatable bonds is 12. The van der Waals surface area contributed by atoms with Crippen molar-refractivity contribution >= 4 is 29.5 Å². The van der Waals surface area contributed by atoms with Crippen molar-refractivity contribution < 1.29 is 19.1 Å². The third-order valence-electron chi connectivity index (χ3n) is 4.94. The van der Waals surface area contributed by atoms with Crippen molar-refractivity contribution in [2.75, 3.05) is 37.4 Å². The summed E-state index contributed by atoms with van der Waals surface area (Å²) in [6, 6.07) is 8.24. The van der Waals surface area contributed by atoms with Crippen LogP contribution in [0.1, 0.15) is 58.1 Å². The highest BCUT2D eigenvalue weighted by Gasteiger charge is 2.24. The van der Waals surface area contributed by atoms with Gasteiger partial charge >= 0.3 is 6.09 Å². The SMILES string of the molecule is CCCNc1nc(Nc2ccc(C#N)cc2)ncc1C#CCCCNC(=O)[C@H](COC)NC(=O)OC(C)(C)C. The van der Waals surface area contributed by atoms with E-state index in [0.717, 1.165) is 18.7 Å². The van der Waals surface area contributed by atoms with E-state index < -0.39 is 17.7 Å². The predicted molar refractivity (Wildman–Crippen MR) is 149 cm³/mol. The van der Waals surface area contributed by atoms with Crippen LogP contribution in [0.2, 0.25) is 0 Å². The minimum Gasteiger partial charge on any atom is -0.444 e. The van der Waals surface area contributed by atoms with E-state index in [1.165, 1.54) is 7.11 Å². The standard InChI is InChI=1S/C28H37N7O4/c1-6-15-30-24-21(18-32-26(35-24)33-22-13-11-20(17-29)12-14-22)10-8-7-9-16-31-25(36)23(19-38-5)34-27(37)39-28(2,3)4/h11-14,18,23H,6-7,9,15-16,19H2,1-5H3,(H,31,36)(H,34,37)(H2,30,32,33,35)/t23-/m0/s1. The molecule has 0 saturated carbocycles. The van der Waals surface area contributed by atoms with Gasteiger partial charge in [0.15, 0.2) is 0 Å². The first kappa shape index (κ1) is 30.9. The Hall–Kier alpha value is -4.35. The molecular formula is C28H37N7O4. The second kappa shape index (κ2) is 15.8. The van der Waals surface area contributed by atoms with E-state index in [0.29, 0.717) is 42.3 Å². The Morgan fingerprint density at radius 3 is 2.54 bits per heavy atom. The molecule has 1 aromatic heterocycles. The summed E-state index contributed by atoms with van der Waals surface area (Å²) in [5.74, 6) is 6.88. The molecule has 2 rings (SSSR count). The van der Waals surface area contributed by atoms with Gasteiger partial charge in [-0.15, -0.1) is 0 Å². The number of methoxy groups -OCH3 is 1. The number of anilines is 3. The van der Waals surface area contributed by atoms with Crippen LogP contribution < -0.4 is 21.3 Å². The number of amides is 2. The largest absolute Gasteiger partial charge is 0.444 e. The van der Waals surface area contributed by atoms with Crippen LogP contribution in [-0.2, 0) is 14.3 Å². The lowest BCUT2D eigenvalue weighted by molar-refractivity contribution is -0.124. The number of unbranched alkanes of at least 4 members (excludes halogenated alkanes) is 1.